The van der Waals surface area contributed by atoms with Gasteiger partial charge in [0, 0.05) is 0 Å². The van der Waals surface area contributed by atoms with E-state index < -0.39 is 0 Å². The molecule has 0 aliphatic rings. The van der Waals surface area contributed by atoms with Crippen LogP contribution in [-0.2, 0) is 11.2 Å². The predicted molar refractivity (Wildman–Crippen MR) is 147 cm³/mol. The van der Waals surface area contributed by atoms with Gasteiger partial charge in [0.15, 0.2) is 0 Å². The molecular formula is C32H44O2. The number of aryl methyl sites for hydroxylation is 1. The van der Waals surface area contributed by atoms with Gasteiger partial charge in [-0.1, -0.05) is 119 Å². The Kier molecular flexibility index (Phi) is 15.1. The molecule has 0 N–H and O–H groups in total. The molecule has 2 nitrogen and oxygen atoms in total. The van der Waals surface area contributed by atoms with Crippen LogP contribution in [0.1, 0.15) is 94.2 Å². The van der Waals surface area contributed by atoms with Crippen molar-refractivity contribution in [2.75, 3.05) is 13.2 Å². The molecular weight excluding hydrogens is 416 g/mol. The van der Waals surface area contributed by atoms with E-state index >= 15 is 0 Å². The largest absolute Gasteiger partial charge is 0.494 e. The molecule has 0 saturated heterocycles. The second kappa shape index (κ2) is 18.7. The summed E-state index contributed by atoms with van der Waals surface area (Å²) in [6.45, 7) is 7.31. The molecule has 34 heavy (non-hydrogen) atoms. The fourth-order valence-electron chi connectivity index (χ4n) is 3.88. The number of hydrogen-bond acceptors (Lipinski definition) is 2. The van der Waals surface area contributed by atoms with Gasteiger partial charge in [-0.3, -0.25) is 0 Å². The molecule has 0 radical (unpaired) electrons. The third-order valence-electron chi connectivity index (χ3n) is 5.99. The Morgan fingerprint density at radius 3 is 1.76 bits per heavy atom. The maximum atomic E-state index is 5.92. The second-order valence-electron chi connectivity index (χ2n) is 8.97. The molecule has 0 saturated carbocycles. The lowest BCUT2D eigenvalue weighted by Crippen LogP contribution is -1.97. The SMILES string of the molecule is C=C=COCCCCCCCCCCCOc1ccc(/C=C/c2ccc(CCCC)cc2)cc1. The summed E-state index contributed by atoms with van der Waals surface area (Å²) in [7, 11) is 0. The van der Waals surface area contributed by atoms with E-state index in [4.69, 9.17) is 9.47 Å². The number of benzene rings is 2. The molecule has 0 fully saturated rings. The maximum Gasteiger partial charge on any atom is 0.124 e. The first-order valence-electron chi connectivity index (χ1n) is 13.3. The van der Waals surface area contributed by atoms with Crippen LogP contribution in [0.25, 0.3) is 12.2 Å². The Morgan fingerprint density at radius 1 is 0.676 bits per heavy atom. The third-order valence-corrected chi connectivity index (χ3v) is 5.99. The Hall–Kier alpha value is -2.70. The molecule has 2 heteroatoms. The predicted octanol–water partition coefficient (Wildman–Crippen LogP) is 9.40. The van der Waals surface area contributed by atoms with Crippen LogP contribution in [0, 0.1) is 0 Å². The lowest BCUT2D eigenvalue weighted by atomic mass is 10.1. The van der Waals surface area contributed by atoms with Crippen molar-refractivity contribution in [1.82, 2.24) is 0 Å². The summed E-state index contributed by atoms with van der Waals surface area (Å²) in [4.78, 5) is 0. The highest BCUT2D eigenvalue weighted by Crippen LogP contribution is 2.16. The van der Waals surface area contributed by atoms with Crippen molar-refractivity contribution in [2.24, 2.45) is 0 Å². The number of ether oxygens (including phenoxy) is 2. The van der Waals surface area contributed by atoms with E-state index in [1.54, 1.807) is 6.26 Å². The standard InChI is InChI=1S/C32H44O2/c1-3-5-15-29-16-18-30(19-17-29)20-21-31-22-24-32(25-23-31)34-28-14-12-10-8-6-7-9-11-13-27-33-26-4-2/h16-26H,2-3,5-15,27-28H2,1H3/b21-20+. The van der Waals surface area contributed by atoms with E-state index in [0.717, 1.165) is 31.8 Å². The summed E-state index contributed by atoms with van der Waals surface area (Å²) in [6.07, 6.45) is 20.9. The number of rotatable bonds is 19. The van der Waals surface area contributed by atoms with Crippen LogP contribution in [0.2, 0.25) is 0 Å². The van der Waals surface area contributed by atoms with Crippen LogP contribution < -0.4 is 4.74 Å². The summed E-state index contributed by atoms with van der Waals surface area (Å²) >= 11 is 0. The maximum absolute atomic E-state index is 5.92. The molecule has 0 aromatic heterocycles. The monoisotopic (exact) mass is 460 g/mol. The van der Waals surface area contributed by atoms with Crippen LogP contribution in [0.15, 0.2) is 67.1 Å². The van der Waals surface area contributed by atoms with Crippen LogP contribution in [0.3, 0.4) is 0 Å². The molecule has 2 rings (SSSR count). The van der Waals surface area contributed by atoms with Crippen molar-refractivity contribution in [3.63, 3.8) is 0 Å². The zero-order valence-corrected chi connectivity index (χ0v) is 21.3. The third kappa shape index (κ3) is 13.1. The highest BCUT2D eigenvalue weighted by atomic mass is 16.5. The average Bonchev–Trinajstić information content (AvgIpc) is 2.87. The van der Waals surface area contributed by atoms with Gasteiger partial charge in [-0.05, 0) is 54.5 Å². The topological polar surface area (TPSA) is 18.5 Å². The second-order valence-corrected chi connectivity index (χ2v) is 8.97. The summed E-state index contributed by atoms with van der Waals surface area (Å²) in [6, 6.07) is 17.3. The van der Waals surface area contributed by atoms with Gasteiger partial charge in [0.2, 0.25) is 0 Å². The van der Waals surface area contributed by atoms with E-state index in [-0.39, 0.29) is 0 Å². The van der Waals surface area contributed by atoms with Gasteiger partial charge in [-0.25, -0.2) is 0 Å². The molecule has 2 aromatic carbocycles. The van der Waals surface area contributed by atoms with Crippen LogP contribution in [-0.4, -0.2) is 13.2 Å². The average molecular weight is 461 g/mol. The van der Waals surface area contributed by atoms with Crippen LogP contribution in [0.5, 0.6) is 5.75 Å². The first-order valence-corrected chi connectivity index (χ1v) is 13.3. The van der Waals surface area contributed by atoms with Gasteiger partial charge in [0.05, 0.1) is 13.2 Å². The Balaban J connectivity index is 1.50. The number of unbranched alkanes of at least 4 members (excludes halogenated alkanes) is 9. The minimum Gasteiger partial charge on any atom is -0.494 e. The molecule has 0 aliphatic heterocycles. The molecule has 0 unspecified atom stereocenters. The van der Waals surface area contributed by atoms with E-state index in [0.29, 0.717) is 0 Å². The molecule has 0 aliphatic carbocycles. The Morgan fingerprint density at radius 2 is 1.21 bits per heavy atom. The Bertz CT molecular complexity index is 826. The first-order chi connectivity index (χ1) is 16.8. The smallest absolute Gasteiger partial charge is 0.124 e. The van der Waals surface area contributed by atoms with E-state index in [9.17, 15) is 0 Å². The fraction of sp³-hybridized carbons (Fsp3) is 0.469. The van der Waals surface area contributed by atoms with Gasteiger partial charge < -0.3 is 9.47 Å². The van der Waals surface area contributed by atoms with Gasteiger partial charge in [0.25, 0.3) is 0 Å². The van der Waals surface area contributed by atoms with Crippen molar-refractivity contribution in [3.05, 3.63) is 83.8 Å². The molecule has 0 heterocycles. The molecule has 2 aromatic rings. The summed E-state index contributed by atoms with van der Waals surface area (Å²) in [5, 5.41) is 0. The number of hydrogen-bond donors (Lipinski definition) is 0. The van der Waals surface area contributed by atoms with E-state index in [1.807, 2.05) is 0 Å². The zero-order valence-electron chi connectivity index (χ0n) is 21.3. The van der Waals surface area contributed by atoms with Crippen LogP contribution in [0.4, 0.5) is 0 Å². The molecule has 0 spiro atoms. The molecule has 0 bridgehead atoms. The normalized spacial score (nSPS) is 10.9. The summed E-state index contributed by atoms with van der Waals surface area (Å²) in [5.74, 6) is 0.963. The highest BCUT2D eigenvalue weighted by Gasteiger charge is 1.97. The van der Waals surface area contributed by atoms with Crippen molar-refractivity contribution in [2.45, 2.75) is 84.0 Å². The van der Waals surface area contributed by atoms with Gasteiger partial charge in [0.1, 0.15) is 12.0 Å². The molecule has 0 atom stereocenters. The molecule has 0 amide bonds. The minimum atomic E-state index is 0.787. The lowest BCUT2D eigenvalue weighted by Gasteiger charge is -2.07. The van der Waals surface area contributed by atoms with Crippen molar-refractivity contribution in [3.8, 4) is 5.75 Å². The van der Waals surface area contributed by atoms with Crippen molar-refractivity contribution < 1.29 is 9.47 Å². The molecule has 184 valence electrons. The Labute approximate surface area is 208 Å². The minimum absolute atomic E-state index is 0.787. The van der Waals surface area contributed by atoms with Gasteiger partial charge >= 0.3 is 0 Å². The first kappa shape index (κ1) is 27.5. The fourth-order valence-corrected chi connectivity index (χ4v) is 3.88. The van der Waals surface area contributed by atoms with Gasteiger partial charge in [-0.15, -0.1) is 0 Å². The lowest BCUT2D eigenvalue weighted by molar-refractivity contribution is 0.241. The van der Waals surface area contributed by atoms with Crippen molar-refractivity contribution in [1.29, 1.82) is 0 Å². The zero-order chi connectivity index (χ0) is 24.1. The highest BCUT2D eigenvalue weighted by molar-refractivity contribution is 5.69. The van der Waals surface area contributed by atoms with Crippen LogP contribution >= 0.6 is 0 Å². The summed E-state index contributed by atoms with van der Waals surface area (Å²) in [5.41, 5.74) is 6.49. The van der Waals surface area contributed by atoms with E-state index in [2.05, 4.69) is 79.9 Å². The quantitative estimate of drug-likeness (QED) is 0.0899. The van der Waals surface area contributed by atoms with Gasteiger partial charge in [-0.2, -0.15) is 0 Å². The summed E-state index contributed by atoms with van der Waals surface area (Å²) < 4.78 is 11.2. The van der Waals surface area contributed by atoms with E-state index in [1.165, 1.54) is 80.9 Å². The van der Waals surface area contributed by atoms with Crippen molar-refractivity contribution >= 4 is 12.2 Å².